The van der Waals surface area contributed by atoms with Gasteiger partial charge in [0.1, 0.15) is 0 Å². The average Bonchev–Trinajstić information content (AvgIpc) is 2.98. The van der Waals surface area contributed by atoms with Crippen molar-refractivity contribution >= 4 is 17.9 Å². The summed E-state index contributed by atoms with van der Waals surface area (Å²) in [5.74, 6) is -1.27. The van der Waals surface area contributed by atoms with E-state index in [2.05, 4.69) is 61.7 Å². The van der Waals surface area contributed by atoms with Crippen molar-refractivity contribution in [1.82, 2.24) is 0 Å². The van der Waals surface area contributed by atoms with E-state index < -0.39 is 11.9 Å². The fraction of sp³-hybridized carbons (Fsp3) is 0.242. The zero-order valence-electron chi connectivity index (χ0n) is 22.1. The predicted molar refractivity (Wildman–Crippen MR) is 152 cm³/mol. The maximum Gasteiger partial charge on any atom is 0.338 e. The topological polar surface area (TPSA) is 78.9 Å². The molecule has 202 valence electrons. The molecule has 0 bridgehead atoms. The van der Waals surface area contributed by atoms with Crippen molar-refractivity contribution in [2.45, 2.75) is 32.1 Å². The molecule has 3 aromatic rings. The molecule has 0 aromatic heterocycles. The van der Waals surface area contributed by atoms with Crippen LogP contribution in [0.25, 0.3) is 22.3 Å². The lowest BCUT2D eigenvalue weighted by Gasteiger charge is -2.08. The number of hydrogen-bond acceptors (Lipinski definition) is 6. The van der Waals surface area contributed by atoms with Crippen LogP contribution in [0.2, 0.25) is 0 Å². The second-order valence-corrected chi connectivity index (χ2v) is 8.89. The van der Waals surface area contributed by atoms with Gasteiger partial charge in [-0.05, 0) is 65.6 Å². The van der Waals surface area contributed by atoms with E-state index >= 15 is 0 Å². The Bertz CT molecular complexity index is 1240. The molecule has 0 fully saturated rings. The minimum atomic E-state index is -0.492. The highest BCUT2D eigenvalue weighted by Gasteiger charge is 2.08. The van der Waals surface area contributed by atoms with Crippen LogP contribution in [0.3, 0.4) is 0 Å². The van der Waals surface area contributed by atoms with Gasteiger partial charge in [-0.2, -0.15) is 0 Å². The number of ether oxygens (including phenoxy) is 3. The Morgan fingerprint density at radius 1 is 0.538 bits per heavy atom. The lowest BCUT2D eigenvalue weighted by atomic mass is 9.98. The maximum atomic E-state index is 12.2. The van der Waals surface area contributed by atoms with Crippen molar-refractivity contribution in [1.29, 1.82) is 0 Å². The summed E-state index contributed by atoms with van der Waals surface area (Å²) in [6, 6.07) is 24.2. The van der Waals surface area contributed by atoms with Crippen LogP contribution in [0.4, 0.5) is 0 Å². The summed E-state index contributed by atoms with van der Waals surface area (Å²) in [5.41, 5.74) is 6.09. The SMILES string of the molecule is C=CC(=O)OCCCCCc1ccc(-c2ccc(-c3ccc(C(=O)OCCCOC(=O)C=C)cc3)cc2)cc1. The fourth-order valence-corrected chi connectivity index (χ4v) is 3.90. The Morgan fingerprint density at radius 2 is 0.974 bits per heavy atom. The Morgan fingerprint density at radius 3 is 1.49 bits per heavy atom. The first-order chi connectivity index (χ1) is 19.0. The third kappa shape index (κ3) is 9.74. The standard InChI is InChI=1S/C33H34O6/c1-3-31(34)37-22-7-5-6-9-25-10-12-26(13-11-25)27-14-16-28(17-15-27)29-18-20-30(21-19-29)33(36)39-24-8-23-38-32(35)4-2/h3-4,10-21H,1-2,5-9,22-24H2. The number of rotatable bonds is 15. The Kier molecular flexibility index (Phi) is 11.7. The van der Waals surface area contributed by atoms with Crippen LogP contribution in [0.15, 0.2) is 98.1 Å². The van der Waals surface area contributed by atoms with Gasteiger partial charge in [0.2, 0.25) is 0 Å². The highest BCUT2D eigenvalue weighted by molar-refractivity contribution is 5.90. The van der Waals surface area contributed by atoms with Crippen molar-refractivity contribution in [3.63, 3.8) is 0 Å². The summed E-state index contributed by atoms with van der Waals surface area (Å²) in [7, 11) is 0. The van der Waals surface area contributed by atoms with Crippen LogP contribution in [0.1, 0.15) is 41.6 Å². The molecule has 3 rings (SSSR count). The van der Waals surface area contributed by atoms with Gasteiger partial charge in [-0.25, -0.2) is 14.4 Å². The lowest BCUT2D eigenvalue weighted by Crippen LogP contribution is -2.09. The van der Waals surface area contributed by atoms with E-state index in [4.69, 9.17) is 14.2 Å². The molecule has 6 nitrogen and oxygen atoms in total. The van der Waals surface area contributed by atoms with Crippen LogP contribution < -0.4 is 0 Å². The van der Waals surface area contributed by atoms with E-state index in [9.17, 15) is 14.4 Å². The van der Waals surface area contributed by atoms with Crippen LogP contribution in [0, 0.1) is 0 Å². The molecular formula is C33H34O6. The average molecular weight is 527 g/mol. The van der Waals surface area contributed by atoms with Crippen molar-refractivity contribution < 1.29 is 28.6 Å². The molecule has 0 aliphatic heterocycles. The molecule has 0 radical (unpaired) electrons. The van der Waals surface area contributed by atoms with Gasteiger partial charge >= 0.3 is 17.9 Å². The summed E-state index contributed by atoms with van der Waals surface area (Å²) >= 11 is 0. The van der Waals surface area contributed by atoms with Crippen molar-refractivity contribution in [2.75, 3.05) is 19.8 Å². The third-order valence-electron chi connectivity index (χ3n) is 6.08. The quantitative estimate of drug-likeness (QED) is 0.0945. The first-order valence-electron chi connectivity index (χ1n) is 13.1. The molecular weight excluding hydrogens is 492 g/mol. The molecule has 0 aliphatic carbocycles. The van der Waals surface area contributed by atoms with Gasteiger partial charge < -0.3 is 14.2 Å². The zero-order chi connectivity index (χ0) is 27.9. The molecule has 0 aliphatic rings. The summed E-state index contributed by atoms with van der Waals surface area (Å²) < 4.78 is 15.1. The van der Waals surface area contributed by atoms with Crippen molar-refractivity contribution in [3.8, 4) is 22.3 Å². The first-order valence-corrected chi connectivity index (χ1v) is 13.1. The Labute approximate surface area is 229 Å². The summed E-state index contributed by atoms with van der Waals surface area (Å²) in [5, 5.41) is 0. The number of aryl methyl sites for hydroxylation is 1. The van der Waals surface area contributed by atoms with E-state index in [0.717, 1.165) is 54.0 Å². The number of carbonyl (C=O) groups is 3. The minimum absolute atomic E-state index is 0.169. The molecule has 0 N–H and O–H groups in total. The molecule has 0 unspecified atom stereocenters. The van der Waals surface area contributed by atoms with Crippen LogP contribution in [-0.2, 0) is 30.2 Å². The number of unbranched alkanes of at least 4 members (excludes halogenated alkanes) is 2. The van der Waals surface area contributed by atoms with E-state index in [1.54, 1.807) is 12.1 Å². The Hall–Kier alpha value is -4.45. The smallest absolute Gasteiger partial charge is 0.338 e. The van der Waals surface area contributed by atoms with Gasteiger partial charge in [-0.1, -0.05) is 73.8 Å². The van der Waals surface area contributed by atoms with E-state index in [1.165, 1.54) is 11.6 Å². The van der Waals surface area contributed by atoms with Gasteiger partial charge in [0.05, 0.1) is 25.4 Å². The first kappa shape index (κ1) is 29.1. The van der Waals surface area contributed by atoms with Crippen LogP contribution in [-0.4, -0.2) is 37.7 Å². The molecule has 0 saturated carbocycles. The van der Waals surface area contributed by atoms with Gasteiger partial charge in [0.25, 0.3) is 0 Å². The van der Waals surface area contributed by atoms with Crippen LogP contribution >= 0.6 is 0 Å². The van der Waals surface area contributed by atoms with Crippen molar-refractivity contribution in [2.24, 2.45) is 0 Å². The molecule has 0 amide bonds. The normalized spacial score (nSPS) is 10.4. The molecule has 0 spiro atoms. The predicted octanol–water partition coefficient (Wildman–Crippen LogP) is 6.74. The highest BCUT2D eigenvalue weighted by Crippen LogP contribution is 2.26. The number of benzene rings is 3. The molecule has 0 saturated heterocycles. The second-order valence-electron chi connectivity index (χ2n) is 8.89. The lowest BCUT2D eigenvalue weighted by molar-refractivity contribution is -0.138. The summed E-state index contributed by atoms with van der Waals surface area (Å²) in [4.78, 5) is 34.3. The molecule has 39 heavy (non-hydrogen) atoms. The van der Waals surface area contributed by atoms with Gasteiger partial charge in [0.15, 0.2) is 0 Å². The van der Waals surface area contributed by atoms with Gasteiger partial charge in [-0.3, -0.25) is 0 Å². The Balaban J connectivity index is 1.45. The van der Waals surface area contributed by atoms with Gasteiger partial charge in [-0.15, -0.1) is 0 Å². The van der Waals surface area contributed by atoms with E-state index in [-0.39, 0.29) is 19.2 Å². The largest absolute Gasteiger partial charge is 0.463 e. The summed E-state index contributed by atoms with van der Waals surface area (Å²) in [6.07, 6.45) is 6.60. The van der Waals surface area contributed by atoms with E-state index in [1.807, 2.05) is 12.1 Å². The van der Waals surface area contributed by atoms with E-state index in [0.29, 0.717) is 18.6 Å². The molecule has 0 heterocycles. The molecule has 3 aromatic carbocycles. The third-order valence-corrected chi connectivity index (χ3v) is 6.08. The highest BCUT2D eigenvalue weighted by atomic mass is 16.5. The molecule has 0 atom stereocenters. The summed E-state index contributed by atoms with van der Waals surface area (Å²) in [6.45, 7) is 7.50. The van der Waals surface area contributed by atoms with Crippen LogP contribution in [0.5, 0.6) is 0 Å². The maximum absolute atomic E-state index is 12.2. The second kappa shape index (κ2) is 15.7. The zero-order valence-corrected chi connectivity index (χ0v) is 22.1. The number of carbonyl (C=O) groups excluding carboxylic acids is 3. The minimum Gasteiger partial charge on any atom is -0.463 e. The molecule has 6 heteroatoms. The number of esters is 3. The van der Waals surface area contributed by atoms with Crippen molar-refractivity contribution in [3.05, 3.63) is 109 Å². The number of hydrogen-bond donors (Lipinski definition) is 0. The fourth-order valence-electron chi connectivity index (χ4n) is 3.90. The van der Waals surface area contributed by atoms with Gasteiger partial charge in [0, 0.05) is 18.6 Å². The monoisotopic (exact) mass is 526 g/mol.